The number of rotatable bonds is 12. The van der Waals surface area contributed by atoms with Crippen molar-refractivity contribution in [3.05, 3.63) is 102 Å². The van der Waals surface area contributed by atoms with E-state index >= 15 is 0 Å². The third kappa shape index (κ3) is 8.14. The van der Waals surface area contributed by atoms with E-state index in [2.05, 4.69) is 32.8 Å². The molecule has 10 nitrogen and oxygen atoms in total. The molecule has 0 aliphatic carbocycles. The molecule has 0 atom stereocenters. The van der Waals surface area contributed by atoms with Crippen molar-refractivity contribution < 1.29 is 14.3 Å². The van der Waals surface area contributed by atoms with E-state index in [0.717, 1.165) is 78.5 Å². The number of anilines is 3. The lowest BCUT2D eigenvalue weighted by Crippen LogP contribution is -2.31. The summed E-state index contributed by atoms with van der Waals surface area (Å²) in [6, 6.07) is 24.8. The molecule has 3 heterocycles. The fourth-order valence-electron chi connectivity index (χ4n) is 5.78. The summed E-state index contributed by atoms with van der Waals surface area (Å²) in [5.74, 6) is 1.73. The smallest absolute Gasteiger partial charge is 0.324 e. The lowest BCUT2D eigenvalue weighted by atomic mass is 10.1. The Balaban J connectivity index is 1.14. The van der Waals surface area contributed by atoms with Crippen LogP contribution in [0.15, 0.2) is 85.1 Å². The van der Waals surface area contributed by atoms with E-state index in [-0.39, 0.29) is 18.5 Å². The third-order valence-electron chi connectivity index (χ3n) is 8.25. The summed E-state index contributed by atoms with van der Waals surface area (Å²) < 4.78 is 8.03. The average molecular weight is 632 g/mol. The van der Waals surface area contributed by atoms with E-state index < -0.39 is 0 Å². The minimum Gasteiger partial charge on any atom is -0.488 e. The molecule has 3 N–H and O–H groups in total. The third-order valence-corrected chi connectivity index (χ3v) is 8.25. The van der Waals surface area contributed by atoms with Crippen LogP contribution in [-0.2, 0) is 17.8 Å². The lowest BCUT2D eigenvalue weighted by Gasteiger charge is -2.15. The summed E-state index contributed by atoms with van der Waals surface area (Å²) in [7, 11) is 0. The molecule has 1 aliphatic heterocycles. The molecule has 5 aromatic rings. The Kier molecular flexibility index (Phi) is 10.1. The van der Waals surface area contributed by atoms with E-state index in [1.807, 2.05) is 85.8 Å². The van der Waals surface area contributed by atoms with Crippen LogP contribution in [0.3, 0.4) is 0 Å². The van der Waals surface area contributed by atoms with E-state index in [0.29, 0.717) is 29.6 Å². The highest BCUT2D eigenvalue weighted by Crippen LogP contribution is 2.32. The van der Waals surface area contributed by atoms with Crippen molar-refractivity contribution in [2.45, 2.75) is 52.6 Å². The normalized spacial score (nSPS) is 13.1. The number of aromatic nitrogens is 3. The standard InChI is InChI=1S/C37H41N7O3/c1-3-4-9-28-23-35(44(42-28)29-14-12-26(2)13-15-29)41-37(46)39-32-16-17-33(31-11-6-5-10-30(31)32)47-25-27-18-19-38-34(22-27)40-36(45)24-43-20-7-8-21-43/h5-6,10-19,22-23H,3-4,7-9,20-21,24-25H2,1-2H3,(H,38,40,45)(H2,39,41,46). The number of likely N-dealkylation sites (tertiary alicyclic amines) is 1. The second-order valence-electron chi connectivity index (χ2n) is 12.0. The van der Waals surface area contributed by atoms with Gasteiger partial charge in [-0.25, -0.2) is 14.5 Å². The molecule has 0 spiro atoms. The SMILES string of the molecule is CCCCc1cc(NC(=O)Nc2ccc(OCc3ccnc(NC(=O)CN4CCCC4)c3)c3ccccc23)n(-c2ccc(C)cc2)n1. The van der Waals surface area contributed by atoms with Crippen LogP contribution >= 0.6 is 0 Å². The molecule has 3 aromatic carbocycles. The van der Waals surface area contributed by atoms with E-state index in [4.69, 9.17) is 9.84 Å². The van der Waals surface area contributed by atoms with Crippen LogP contribution < -0.4 is 20.7 Å². The van der Waals surface area contributed by atoms with Gasteiger partial charge in [0, 0.05) is 23.0 Å². The Morgan fingerprint density at radius 1 is 0.894 bits per heavy atom. The Labute approximate surface area is 275 Å². The molecule has 0 bridgehead atoms. The number of aryl methyl sites for hydroxylation is 2. The molecule has 2 aromatic heterocycles. The minimum absolute atomic E-state index is 0.0628. The number of carbonyl (C=O) groups is 2. The van der Waals surface area contributed by atoms with Crippen molar-refractivity contribution in [1.82, 2.24) is 19.7 Å². The van der Waals surface area contributed by atoms with Crippen molar-refractivity contribution in [1.29, 1.82) is 0 Å². The predicted molar refractivity (Wildman–Crippen MR) is 186 cm³/mol. The largest absolute Gasteiger partial charge is 0.488 e. The summed E-state index contributed by atoms with van der Waals surface area (Å²) in [5.41, 5.74) is 4.50. The van der Waals surface area contributed by atoms with Gasteiger partial charge < -0.3 is 15.4 Å². The Hall–Kier alpha value is -5.22. The quantitative estimate of drug-likeness (QED) is 0.133. The molecular formula is C37H41N7O3. The molecule has 1 saturated heterocycles. The van der Waals surface area contributed by atoms with Gasteiger partial charge in [0.05, 0.1) is 23.6 Å². The van der Waals surface area contributed by atoms with Gasteiger partial charge in [0.25, 0.3) is 0 Å². The number of hydrogen-bond acceptors (Lipinski definition) is 6. The first-order valence-electron chi connectivity index (χ1n) is 16.3. The van der Waals surface area contributed by atoms with Gasteiger partial charge in [-0.1, -0.05) is 55.3 Å². The molecule has 0 radical (unpaired) electrons. The van der Waals surface area contributed by atoms with Gasteiger partial charge in [0.2, 0.25) is 5.91 Å². The maximum Gasteiger partial charge on any atom is 0.324 e. The monoisotopic (exact) mass is 631 g/mol. The van der Waals surface area contributed by atoms with Crippen molar-refractivity contribution in [3.8, 4) is 11.4 Å². The number of ether oxygens (including phenoxy) is 1. The topological polar surface area (TPSA) is 113 Å². The number of nitrogens with one attached hydrogen (secondary N) is 3. The van der Waals surface area contributed by atoms with Gasteiger partial charge in [0.1, 0.15) is 24.0 Å². The van der Waals surface area contributed by atoms with Crippen LogP contribution in [0.4, 0.5) is 22.1 Å². The molecule has 3 amide bonds. The van der Waals surface area contributed by atoms with Gasteiger partial charge in [-0.3, -0.25) is 15.0 Å². The summed E-state index contributed by atoms with van der Waals surface area (Å²) in [6.07, 6.45) is 6.87. The summed E-state index contributed by atoms with van der Waals surface area (Å²) >= 11 is 0. The average Bonchev–Trinajstić information content (AvgIpc) is 3.73. The zero-order chi connectivity index (χ0) is 32.6. The maximum atomic E-state index is 13.4. The number of unbranched alkanes of at least 4 members (excludes halogenated alkanes) is 1. The molecular weight excluding hydrogens is 590 g/mol. The van der Waals surface area contributed by atoms with Crippen LogP contribution in [0.2, 0.25) is 0 Å². The number of benzene rings is 3. The first-order valence-corrected chi connectivity index (χ1v) is 16.3. The maximum absolute atomic E-state index is 13.4. The fraction of sp³-hybridized carbons (Fsp3) is 0.297. The number of fused-ring (bicyclic) bond motifs is 1. The highest BCUT2D eigenvalue weighted by atomic mass is 16.5. The Morgan fingerprint density at radius 2 is 1.68 bits per heavy atom. The summed E-state index contributed by atoms with van der Waals surface area (Å²) in [4.78, 5) is 32.3. The zero-order valence-electron chi connectivity index (χ0n) is 27.0. The van der Waals surface area contributed by atoms with Crippen LogP contribution in [-0.4, -0.2) is 51.2 Å². The number of pyridine rings is 1. The second kappa shape index (κ2) is 14.9. The number of carbonyl (C=O) groups excluding carboxylic acids is 2. The molecule has 0 unspecified atom stereocenters. The molecule has 0 saturated carbocycles. The number of nitrogens with zero attached hydrogens (tertiary/aromatic N) is 4. The van der Waals surface area contributed by atoms with Crippen LogP contribution in [0.1, 0.15) is 49.4 Å². The minimum atomic E-state index is -0.366. The number of hydrogen-bond donors (Lipinski definition) is 3. The highest BCUT2D eigenvalue weighted by molar-refractivity contribution is 6.07. The van der Waals surface area contributed by atoms with Gasteiger partial charge in [-0.15, -0.1) is 0 Å². The lowest BCUT2D eigenvalue weighted by molar-refractivity contribution is -0.117. The Bertz CT molecular complexity index is 1850. The van der Waals surface area contributed by atoms with E-state index in [9.17, 15) is 9.59 Å². The predicted octanol–water partition coefficient (Wildman–Crippen LogP) is 7.33. The second-order valence-corrected chi connectivity index (χ2v) is 12.0. The number of urea groups is 1. The molecule has 1 fully saturated rings. The summed E-state index contributed by atoms with van der Waals surface area (Å²) in [5, 5.41) is 15.4. The summed E-state index contributed by atoms with van der Waals surface area (Å²) in [6.45, 7) is 6.78. The zero-order valence-corrected chi connectivity index (χ0v) is 27.0. The number of amides is 3. The van der Waals surface area contributed by atoms with Crippen molar-refractivity contribution in [3.63, 3.8) is 0 Å². The van der Waals surface area contributed by atoms with Crippen molar-refractivity contribution >= 4 is 40.0 Å². The Morgan fingerprint density at radius 3 is 2.47 bits per heavy atom. The van der Waals surface area contributed by atoms with Crippen LogP contribution in [0.5, 0.6) is 5.75 Å². The van der Waals surface area contributed by atoms with Crippen molar-refractivity contribution in [2.24, 2.45) is 0 Å². The van der Waals surface area contributed by atoms with Gasteiger partial charge in [0.15, 0.2) is 0 Å². The van der Waals surface area contributed by atoms with Crippen molar-refractivity contribution in [2.75, 3.05) is 35.6 Å². The molecule has 10 heteroatoms. The fourth-order valence-corrected chi connectivity index (χ4v) is 5.78. The molecule has 1 aliphatic rings. The van der Waals surface area contributed by atoms with Gasteiger partial charge in [-0.05, 0) is 87.7 Å². The van der Waals surface area contributed by atoms with Crippen LogP contribution in [0.25, 0.3) is 16.5 Å². The van der Waals surface area contributed by atoms with E-state index in [1.165, 1.54) is 0 Å². The van der Waals surface area contributed by atoms with Crippen LogP contribution in [0, 0.1) is 6.92 Å². The first-order chi connectivity index (χ1) is 22.9. The molecule has 47 heavy (non-hydrogen) atoms. The molecule has 6 rings (SSSR count). The van der Waals surface area contributed by atoms with Gasteiger partial charge >= 0.3 is 6.03 Å². The first kappa shape index (κ1) is 31.7. The van der Waals surface area contributed by atoms with Gasteiger partial charge in [-0.2, -0.15) is 5.10 Å². The molecule has 242 valence electrons. The van der Waals surface area contributed by atoms with E-state index in [1.54, 1.807) is 10.9 Å². The highest BCUT2D eigenvalue weighted by Gasteiger charge is 2.17.